The zero-order valence-electron chi connectivity index (χ0n) is 13.7. The van der Waals surface area contributed by atoms with Crippen LogP contribution >= 0.6 is 11.6 Å². The summed E-state index contributed by atoms with van der Waals surface area (Å²) in [7, 11) is 0. The van der Waals surface area contributed by atoms with Crippen molar-refractivity contribution in [3.63, 3.8) is 0 Å². The third-order valence-electron chi connectivity index (χ3n) is 3.94. The molecule has 0 spiro atoms. The average Bonchev–Trinajstić information content (AvgIpc) is 2.67. The number of amides is 1. The Morgan fingerprint density at radius 3 is 2.92 bits per heavy atom. The normalized spacial score (nSPS) is 13.1. The molecule has 1 amide bonds. The number of hydrogen-bond donors (Lipinski definition) is 1. The average molecular weight is 367 g/mol. The quantitative estimate of drug-likeness (QED) is 0.701. The Morgan fingerprint density at radius 2 is 2.00 bits per heavy atom. The summed E-state index contributed by atoms with van der Waals surface area (Å²) in [6.45, 7) is 0.953. The largest absolute Gasteiger partial charge is 0.486 e. The molecule has 0 bridgehead atoms. The lowest BCUT2D eigenvalue weighted by Crippen LogP contribution is -2.15. The summed E-state index contributed by atoms with van der Waals surface area (Å²) < 4.78 is 11.0. The highest BCUT2D eigenvalue weighted by Gasteiger charge is 2.16. The van der Waals surface area contributed by atoms with Crippen molar-refractivity contribution in [2.24, 2.45) is 0 Å². The number of nitrogens with one attached hydrogen (secondary N) is 1. The van der Waals surface area contributed by atoms with Gasteiger partial charge in [-0.15, -0.1) is 0 Å². The van der Waals surface area contributed by atoms with E-state index in [4.69, 9.17) is 21.1 Å². The number of pyridine rings is 1. The van der Waals surface area contributed by atoms with Gasteiger partial charge in [0.1, 0.15) is 13.2 Å². The van der Waals surface area contributed by atoms with Gasteiger partial charge in [0.2, 0.25) is 5.91 Å². The van der Waals surface area contributed by atoms with Crippen molar-refractivity contribution < 1.29 is 14.3 Å². The lowest BCUT2D eigenvalue weighted by Gasteiger charge is -2.19. The van der Waals surface area contributed by atoms with Crippen molar-refractivity contribution in [1.82, 2.24) is 4.98 Å². The summed E-state index contributed by atoms with van der Waals surface area (Å²) in [5.74, 6) is 0.873. The van der Waals surface area contributed by atoms with Gasteiger partial charge in [-0.1, -0.05) is 29.8 Å². The molecule has 1 N–H and O–H groups in total. The number of anilines is 1. The van der Waals surface area contributed by atoms with Gasteiger partial charge in [-0.3, -0.25) is 9.78 Å². The predicted octanol–water partition coefficient (Wildman–Crippen LogP) is 4.31. The SMILES string of the molecule is O=C(/C=C/c1cc(Cl)c2c(c1)OCCO2)Nc1cccc2cccnc12. The van der Waals surface area contributed by atoms with Gasteiger partial charge in [0, 0.05) is 17.7 Å². The summed E-state index contributed by atoms with van der Waals surface area (Å²) in [6, 6.07) is 13.0. The molecule has 26 heavy (non-hydrogen) atoms. The van der Waals surface area contributed by atoms with Crippen LogP contribution in [0.3, 0.4) is 0 Å². The van der Waals surface area contributed by atoms with Crippen molar-refractivity contribution in [2.75, 3.05) is 18.5 Å². The molecule has 0 atom stereocenters. The molecule has 2 heterocycles. The molecule has 2 aromatic carbocycles. The minimum absolute atomic E-state index is 0.255. The Kier molecular flexibility index (Phi) is 4.46. The van der Waals surface area contributed by atoms with E-state index in [0.29, 0.717) is 35.4 Å². The number of ether oxygens (including phenoxy) is 2. The van der Waals surface area contributed by atoms with Gasteiger partial charge in [0.05, 0.1) is 16.2 Å². The van der Waals surface area contributed by atoms with Gasteiger partial charge in [0.15, 0.2) is 11.5 Å². The van der Waals surface area contributed by atoms with Crippen LogP contribution in [-0.4, -0.2) is 24.1 Å². The number of fused-ring (bicyclic) bond motifs is 2. The van der Waals surface area contributed by atoms with E-state index in [0.717, 1.165) is 16.5 Å². The zero-order valence-corrected chi connectivity index (χ0v) is 14.5. The van der Waals surface area contributed by atoms with Gasteiger partial charge < -0.3 is 14.8 Å². The molecule has 6 heteroatoms. The van der Waals surface area contributed by atoms with E-state index in [1.807, 2.05) is 30.3 Å². The molecule has 0 fully saturated rings. The maximum atomic E-state index is 12.3. The zero-order chi connectivity index (χ0) is 17.9. The number of benzene rings is 2. The van der Waals surface area contributed by atoms with Crippen molar-refractivity contribution in [3.8, 4) is 11.5 Å². The molecule has 5 nitrogen and oxygen atoms in total. The van der Waals surface area contributed by atoms with Crippen LogP contribution in [0.4, 0.5) is 5.69 Å². The van der Waals surface area contributed by atoms with E-state index in [-0.39, 0.29) is 5.91 Å². The summed E-state index contributed by atoms with van der Waals surface area (Å²) in [6.07, 6.45) is 4.83. The maximum Gasteiger partial charge on any atom is 0.248 e. The summed E-state index contributed by atoms with van der Waals surface area (Å²) in [5, 5.41) is 4.28. The lowest BCUT2D eigenvalue weighted by molar-refractivity contribution is -0.111. The first-order chi connectivity index (χ1) is 12.7. The molecule has 0 saturated carbocycles. The second kappa shape index (κ2) is 7.06. The molecule has 4 rings (SSSR count). The number of nitrogens with zero attached hydrogens (tertiary/aromatic N) is 1. The second-order valence-corrected chi connectivity index (χ2v) is 6.14. The first kappa shape index (κ1) is 16.4. The molecule has 1 aromatic heterocycles. The monoisotopic (exact) mass is 366 g/mol. The van der Waals surface area contributed by atoms with Crippen molar-refractivity contribution in [3.05, 3.63) is 65.3 Å². The molecular formula is C20H15ClN2O3. The van der Waals surface area contributed by atoms with Crippen LogP contribution in [0.2, 0.25) is 5.02 Å². The van der Waals surface area contributed by atoms with E-state index < -0.39 is 0 Å². The van der Waals surface area contributed by atoms with Gasteiger partial charge in [-0.2, -0.15) is 0 Å². The van der Waals surface area contributed by atoms with E-state index in [2.05, 4.69) is 10.3 Å². The fraction of sp³-hybridized carbons (Fsp3) is 0.100. The minimum Gasteiger partial charge on any atom is -0.486 e. The molecule has 0 aliphatic carbocycles. The first-order valence-electron chi connectivity index (χ1n) is 8.13. The number of carbonyl (C=O) groups excluding carboxylic acids is 1. The third-order valence-corrected chi connectivity index (χ3v) is 4.22. The van der Waals surface area contributed by atoms with Crippen molar-refractivity contribution >= 4 is 40.2 Å². The van der Waals surface area contributed by atoms with E-state index >= 15 is 0 Å². The number of aromatic nitrogens is 1. The molecule has 0 saturated heterocycles. The van der Waals surface area contributed by atoms with Crippen LogP contribution < -0.4 is 14.8 Å². The Balaban J connectivity index is 1.54. The standard InChI is InChI=1S/C20H15ClN2O3/c21-15-11-13(12-17-20(15)26-10-9-25-17)6-7-18(24)23-16-5-1-3-14-4-2-8-22-19(14)16/h1-8,11-12H,9-10H2,(H,23,24)/b7-6+. The predicted molar refractivity (Wildman–Crippen MR) is 102 cm³/mol. The van der Waals surface area contributed by atoms with Crippen LogP contribution in [0, 0.1) is 0 Å². The molecule has 1 aliphatic rings. The number of halogens is 1. The van der Waals surface area contributed by atoms with Crippen LogP contribution in [0.1, 0.15) is 5.56 Å². The van der Waals surface area contributed by atoms with Gasteiger partial charge in [0.25, 0.3) is 0 Å². The molecule has 1 aliphatic heterocycles. The van der Waals surface area contributed by atoms with Gasteiger partial charge in [-0.25, -0.2) is 0 Å². The van der Waals surface area contributed by atoms with E-state index in [1.165, 1.54) is 6.08 Å². The Hall–Kier alpha value is -3.05. The smallest absolute Gasteiger partial charge is 0.248 e. The summed E-state index contributed by atoms with van der Waals surface area (Å²) in [4.78, 5) is 16.6. The fourth-order valence-electron chi connectivity index (χ4n) is 2.78. The van der Waals surface area contributed by atoms with E-state index in [1.54, 1.807) is 24.4 Å². The van der Waals surface area contributed by atoms with Crippen LogP contribution in [0.25, 0.3) is 17.0 Å². The lowest BCUT2D eigenvalue weighted by atomic mass is 10.1. The first-order valence-corrected chi connectivity index (χ1v) is 8.50. The molecule has 0 radical (unpaired) electrons. The Labute approximate surface area is 155 Å². The maximum absolute atomic E-state index is 12.3. The third kappa shape index (κ3) is 3.34. The van der Waals surface area contributed by atoms with Crippen LogP contribution in [0.15, 0.2) is 54.7 Å². The minimum atomic E-state index is -0.255. The van der Waals surface area contributed by atoms with Crippen LogP contribution in [0.5, 0.6) is 11.5 Å². The van der Waals surface area contributed by atoms with Gasteiger partial charge in [-0.05, 0) is 35.9 Å². The van der Waals surface area contributed by atoms with E-state index in [9.17, 15) is 4.79 Å². The summed E-state index contributed by atoms with van der Waals surface area (Å²) in [5.41, 5.74) is 2.17. The Morgan fingerprint density at radius 1 is 1.15 bits per heavy atom. The molecular weight excluding hydrogens is 352 g/mol. The molecule has 3 aromatic rings. The highest BCUT2D eigenvalue weighted by Crippen LogP contribution is 2.38. The summed E-state index contributed by atoms with van der Waals surface area (Å²) >= 11 is 6.21. The van der Waals surface area contributed by atoms with Crippen LogP contribution in [-0.2, 0) is 4.79 Å². The highest BCUT2D eigenvalue weighted by molar-refractivity contribution is 6.32. The second-order valence-electron chi connectivity index (χ2n) is 5.73. The number of carbonyl (C=O) groups is 1. The van der Waals surface area contributed by atoms with Crippen molar-refractivity contribution in [2.45, 2.75) is 0 Å². The number of para-hydroxylation sites is 1. The fourth-order valence-corrected chi connectivity index (χ4v) is 3.05. The molecule has 130 valence electrons. The van der Waals surface area contributed by atoms with Gasteiger partial charge >= 0.3 is 0 Å². The number of hydrogen-bond acceptors (Lipinski definition) is 4. The highest BCUT2D eigenvalue weighted by atomic mass is 35.5. The topological polar surface area (TPSA) is 60.5 Å². The number of rotatable bonds is 3. The molecule has 0 unspecified atom stereocenters. The Bertz CT molecular complexity index is 1010. The van der Waals surface area contributed by atoms with Crippen molar-refractivity contribution in [1.29, 1.82) is 0 Å².